The van der Waals surface area contributed by atoms with Gasteiger partial charge in [0.15, 0.2) is 0 Å². The maximum Gasteiger partial charge on any atom is 0.0184 e. The number of hydrogen-bond acceptors (Lipinski definition) is 0. The van der Waals surface area contributed by atoms with Crippen molar-refractivity contribution < 1.29 is 0 Å². The fourth-order valence-electron chi connectivity index (χ4n) is 1.97. The zero-order chi connectivity index (χ0) is 10.2. The van der Waals surface area contributed by atoms with Crippen LogP contribution in [0.25, 0.3) is 0 Å². The van der Waals surface area contributed by atoms with Crippen LogP contribution in [0.1, 0.15) is 34.6 Å². The van der Waals surface area contributed by atoms with E-state index in [0.717, 1.165) is 0 Å². The fraction of sp³-hybridized carbons (Fsp3) is 0.538. The molecule has 0 fully saturated rings. The summed E-state index contributed by atoms with van der Waals surface area (Å²) in [6.07, 6.45) is 2.36. The fourth-order valence-corrected chi connectivity index (χ4v) is 1.97. The van der Waals surface area contributed by atoms with Crippen LogP contribution >= 0.6 is 0 Å². The molecule has 2 atom stereocenters. The van der Waals surface area contributed by atoms with Crippen molar-refractivity contribution in [1.29, 1.82) is 0 Å². The summed E-state index contributed by atoms with van der Waals surface area (Å²) in [4.78, 5) is 0. The largest absolute Gasteiger partial charge is 0.0992 e. The number of allylic oxidation sites excluding steroid dienone is 5. The minimum absolute atomic E-state index is 0.483. The van der Waals surface area contributed by atoms with Crippen LogP contribution in [0.15, 0.2) is 34.9 Å². The van der Waals surface area contributed by atoms with Crippen molar-refractivity contribution in [1.82, 2.24) is 0 Å². The van der Waals surface area contributed by atoms with Crippen LogP contribution in [0, 0.1) is 11.8 Å². The first-order valence-electron chi connectivity index (χ1n) is 4.96. The molecular weight excluding hydrogens is 156 g/mol. The Balaban J connectivity index is 3.09. The van der Waals surface area contributed by atoms with Gasteiger partial charge in [0.05, 0.1) is 0 Å². The highest BCUT2D eigenvalue weighted by atomic mass is 14.3. The molecule has 0 heterocycles. The molecule has 0 amide bonds. The van der Waals surface area contributed by atoms with E-state index in [0.29, 0.717) is 11.8 Å². The average Bonchev–Trinajstić information content (AvgIpc) is 2.07. The molecule has 2 unspecified atom stereocenters. The van der Waals surface area contributed by atoms with E-state index in [9.17, 15) is 0 Å². The molecule has 0 aromatic rings. The molecule has 1 aliphatic rings. The monoisotopic (exact) mass is 176 g/mol. The lowest BCUT2D eigenvalue weighted by atomic mass is 9.77. The molecule has 0 spiro atoms. The Morgan fingerprint density at radius 2 is 1.77 bits per heavy atom. The molecule has 0 saturated carbocycles. The molecule has 1 aliphatic carbocycles. The zero-order valence-electron chi connectivity index (χ0n) is 9.44. The van der Waals surface area contributed by atoms with Crippen LogP contribution in [0.3, 0.4) is 0 Å². The van der Waals surface area contributed by atoms with E-state index in [1.54, 1.807) is 0 Å². The Bertz CT molecular complexity index is 289. The van der Waals surface area contributed by atoms with Crippen molar-refractivity contribution in [3.05, 3.63) is 34.9 Å². The standard InChI is InChI=1S/C13H20/c1-8(2)13-7-9(3)10(4)11(5)12(13)6/h7,10,13H,1H2,2-6H3. The highest BCUT2D eigenvalue weighted by Gasteiger charge is 2.21. The van der Waals surface area contributed by atoms with Crippen LogP contribution in [0.4, 0.5) is 0 Å². The van der Waals surface area contributed by atoms with E-state index in [-0.39, 0.29) is 0 Å². The van der Waals surface area contributed by atoms with Crippen molar-refractivity contribution in [2.75, 3.05) is 0 Å². The molecule has 0 aromatic heterocycles. The summed E-state index contributed by atoms with van der Waals surface area (Å²) in [5.41, 5.74) is 5.75. The first-order chi connectivity index (χ1) is 5.95. The summed E-state index contributed by atoms with van der Waals surface area (Å²) in [6.45, 7) is 15.1. The molecule has 72 valence electrons. The predicted octanol–water partition coefficient (Wildman–Crippen LogP) is 4.11. The molecule has 0 nitrogen and oxygen atoms in total. The number of rotatable bonds is 1. The predicted molar refractivity (Wildman–Crippen MR) is 59.6 cm³/mol. The van der Waals surface area contributed by atoms with E-state index in [1.807, 2.05) is 0 Å². The maximum absolute atomic E-state index is 4.04. The topological polar surface area (TPSA) is 0 Å². The minimum atomic E-state index is 0.483. The van der Waals surface area contributed by atoms with Gasteiger partial charge in [-0.3, -0.25) is 0 Å². The average molecular weight is 176 g/mol. The van der Waals surface area contributed by atoms with Crippen LogP contribution < -0.4 is 0 Å². The van der Waals surface area contributed by atoms with Crippen molar-refractivity contribution in [2.45, 2.75) is 34.6 Å². The third-order valence-electron chi connectivity index (χ3n) is 3.38. The molecule has 0 radical (unpaired) electrons. The first kappa shape index (κ1) is 10.3. The molecule has 0 aliphatic heterocycles. The summed E-state index contributed by atoms with van der Waals surface area (Å²) in [6, 6.07) is 0. The second-order valence-corrected chi connectivity index (χ2v) is 4.32. The molecule has 0 heteroatoms. The van der Waals surface area contributed by atoms with Crippen LogP contribution in [0.5, 0.6) is 0 Å². The summed E-state index contributed by atoms with van der Waals surface area (Å²) >= 11 is 0. The smallest absolute Gasteiger partial charge is 0.0184 e. The van der Waals surface area contributed by atoms with Gasteiger partial charge in [-0.25, -0.2) is 0 Å². The van der Waals surface area contributed by atoms with Crippen LogP contribution in [-0.4, -0.2) is 0 Å². The molecular formula is C13H20. The first-order valence-corrected chi connectivity index (χ1v) is 4.96. The van der Waals surface area contributed by atoms with E-state index < -0.39 is 0 Å². The van der Waals surface area contributed by atoms with Gasteiger partial charge in [0.1, 0.15) is 0 Å². The Morgan fingerprint density at radius 3 is 2.23 bits per heavy atom. The highest BCUT2D eigenvalue weighted by molar-refractivity contribution is 5.36. The second kappa shape index (κ2) is 3.53. The molecule has 0 saturated heterocycles. The maximum atomic E-state index is 4.04. The summed E-state index contributed by atoms with van der Waals surface area (Å²) in [5, 5.41) is 0. The Hall–Kier alpha value is -0.780. The summed E-state index contributed by atoms with van der Waals surface area (Å²) in [5.74, 6) is 1.10. The lowest BCUT2D eigenvalue weighted by Crippen LogP contribution is -2.14. The third-order valence-corrected chi connectivity index (χ3v) is 3.38. The quantitative estimate of drug-likeness (QED) is 0.527. The van der Waals surface area contributed by atoms with Gasteiger partial charge >= 0.3 is 0 Å². The Morgan fingerprint density at radius 1 is 1.23 bits per heavy atom. The molecule has 0 aromatic carbocycles. The Labute approximate surface area is 82.0 Å². The summed E-state index contributed by atoms with van der Waals surface area (Å²) < 4.78 is 0. The van der Waals surface area contributed by atoms with E-state index in [1.165, 1.54) is 22.3 Å². The van der Waals surface area contributed by atoms with Gasteiger partial charge in [-0.05, 0) is 33.6 Å². The van der Waals surface area contributed by atoms with Gasteiger partial charge in [0.25, 0.3) is 0 Å². The van der Waals surface area contributed by atoms with Crippen molar-refractivity contribution in [2.24, 2.45) is 11.8 Å². The van der Waals surface area contributed by atoms with E-state index >= 15 is 0 Å². The normalized spacial score (nSPS) is 28.8. The van der Waals surface area contributed by atoms with Gasteiger partial charge < -0.3 is 0 Å². The minimum Gasteiger partial charge on any atom is -0.0992 e. The van der Waals surface area contributed by atoms with Crippen LogP contribution in [0.2, 0.25) is 0 Å². The molecule has 1 rings (SSSR count). The lowest BCUT2D eigenvalue weighted by molar-refractivity contribution is 0.703. The molecule has 13 heavy (non-hydrogen) atoms. The van der Waals surface area contributed by atoms with Crippen molar-refractivity contribution >= 4 is 0 Å². The zero-order valence-corrected chi connectivity index (χ0v) is 9.44. The SMILES string of the molecule is C=C(C)C1C=C(C)C(C)C(C)=C1C. The second-order valence-electron chi connectivity index (χ2n) is 4.32. The van der Waals surface area contributed by atoms with Gasteiger partial charge in [0.2, 0.25) is 0 Å². The highest BCUT2D eigenvalue weighted by Crippen LogP contribution is 2.35. The van der Waals surface area contributed by atoms with Crippen molar-refractivity contribution in [3.63, 3.8) is 0 Å². The van der Waals surface area contributed by atoms with Gasteiger partial charge in [0, 0.05) is 5.92 Å². The van der Waals surface area contributed by atoms with Gasteiger partial charge in [-0.2, -0.15) is 0 Å². The van der Waals surface area contributed by atoms with Crippen molar-refractivity contribution in [3.8, 4) is 0 Å². The number of hydrogen-bond donors (Lipinski definition) is 0. The Kier molecular flexibility index (Phi) is 2.80. The van der Waals surface area contributed by atoms with Gasteiger partial charge in [-0.1, -0.05) is 41.9 Å². The van der Waals surface area contributed by atoms with E-state index in [4.69, 9.17) is 0 Å². The molecule has 0 N–H and O–H groups in total. The van der Waals surface area contributed by atoms with Gasteiger partial charge in [-0.15, -0.1) is 0 Å². The van der Waals surface area contributed by atoms with Crippen LogP contribution in [-0.2, 0) is 0 Å². The summed E-state index contributed by atoms with van der Waals surface area (Å²) in [7, 11) is 0. The lowest BCUT2D eigenvalue weighted by Gasteiger charge is -2.28. The molecule has 0 bridgehead atoms. The third kappa shape index (κ3) is 1.77. The van der Waals surface area contributed by atoms with E-state index in [2.05, 4.69) is 47.3 Å².